The van der Waals surface area contributed by atoms with Crippen LogP contribution in [-0.2, 0) is 6.42 Å². The van der Waals surface area contributed by atoms with Gasteiger partial charge in [0.25, 0.3) is 0 Å². The number of ether oxygens (including phenoxy) is 1. The summed E-state index contributed by atoms with van der Waals surface area (Å²) in [5, 5.41) is 15.5. The molecule has 0 saturated heterocycles. The van der Waals surface area contributed by atoms with E-state index >= 15 is 0 Å². The number of hydrogen-bond acceptors (Lipinski definition) is 6. The molecule has 3 aromatic rings. The van der Waals surface area contributed by atoms with Gasteiger partial charge in [-0.1, -0.05) is 30.3 Å². The average Bonchev–Trinajstić information content (AvgIpc) is 2.69. The van der Waals surface area contributed by atoms with Gasteiger partial charge >= 0.3 is 0 Å². The molecule has 1 aromatic heterocycles. The second-order valence-electron chi connectivity index (χ2n) is 5.54. The minimum Gasteiger partial charge on any atom is -0.496 e. The minimum atomic E-state index is 0.527. The lowest BCUT2D eigenvalue weighted by Crippen LogP contribution is -2.09. The third-order valence-electron chi connectivity index (χ3n) is 3.84. The summed E-state index contributed by atoms with van der Waals surface area (Å²) in [6, 6.07) is 19.2. The second-order valence-corrected chi connectivity index (χ2v) is 5.54. The van der Waals surface area contributed by atoms with Crippen molar-refractivity contribution in [3.8, 4) is 11.8 Å². The average molecular weight is 345 g/mol. The van der Waals surface area contributed by atoms with Crippen molar-refractivity contribution in [1.82, 2.24) is 9.97 Å². The summed E-state index contributed by atoms with van der Waals surface area (Å²) in [4.78, 5) is 8.68. The highest BCUT2D eigenvalue weighted by atomic mass is 16.5. The Bertz CT molecular complexity index is 920. The van der Waals surface area contributed by atoms with E-state index in [1.165, 1.54) is 0 Å². The lowest BCUT2D eigenvalue weighted by atomic mass is 10.1. The van der Waals surface area contributed by atoms with E-state index in [2.05, 4.69) is 26.7 Å². The monoisotopic (exact) mass is 345 g/mol. The van der Waals surface area contributed by atoms with Gasteiger partial charge in [0.15, 0.2) is 0 Å². The third kappa shape index (κ3) is 4.28. The van der Waals surface area contributed by atoms with Gasteiger partial charge in [-0.25, -0.2) is 4.98 Å². The zero-order valence-electron chi connectivity index (χ0n) is 14.4. The molecule has 3 rings (SSSR count). The fourth-order valence-electron chi connectivity index (χ4n) is 2.56. The summed E-state index contributed by atoms with van der Waals surface area (Å²) in [7, 11) is 1.67. The van der Waals surface area contributed by atoms with Crippen LogP contribution in [0.25, 0.3) is 0 Å². The number of para-hydroxylation sites is 2. The van der Waals surface area contributed by atoms with E-state index < -0.39 is 0 Å². The van der Waals surface area contributed by atoms with Crippen molar-refractivity contribution in [3.05, 3.63) is 71.9 Å². The molecule has 0 saturated carbocycles. The number of nitriles is 1. The van der Waals surface area contributed by atoms with Crippen LogP contribution in [0.3, 0.4) is 0 Å². The molecule has 0 bridgehead atoms. The highest BCUT2D eigenvalue weighted by molar-refractivity contribution is 5.64. The van der Waals surface area contributed by atoms with Gasteiger partial charge in [0.1, 0.15) is 17.6 Å². The molecule has 26 heavy (non-hydrogen) atoms. The SMILES string of the molecule is COc1ccccc1CCNc1nccc(Nc2ccccc2C#N)n1. The topological polar surface area (TPSA) is 82.9 Å². The van der Waals surface area contributed by atoms with Gasteiger partial charge < -0.3 is 15.4 Å². The molecule has 2 N–H and O–H groups in total. The Kier molecular flexibility index (Phi) is 5.63. The summed E-state index contributed by atoms with van der Waals surface area (Å²) < 4.78 is 5.36. The van der Waals surface area contributed by atoms with Crippen LogP contribution in [-0.4, -0.2) is 23.6 Å². The van der Waals surface area contributed by atoms with Crippen molar-refractivity contribution >= 4 is 17.5 Å². The molecule has 0 radical (unpaired) electrons. The Morgan fingerprint density at radius 3 is 2.73 bits per heavy atom. The van der Waals surface area contributed by atoms with Crippen LogP contribution in [0.1, 0.15) is 11.1 Å². The number of aromatic nitrogens is 2. The molecular formula is C20H19N5O. The van der Waals surface area contributed by atoms with E-state index in [1.807, 2.05) is 42.5 Å². The van der Waals surface area contributed by atoms with Gasteiger partial charge in [-0.05, 0) is 36.2 Å². The van der Waals surface area contributed by atoms with Crippen LogP contribution in [0, 0.1) is 11.3 Å². The van der Waals surface area contributed by atoms with Crippen molar-refractivity contribution in [1.29, 1.82) is 5.26 Å². The number of nitrogens with one attached hydrogen (secondary N) is 2. The Hall–Kier alpha value is -3.59. The Balaban J connectivity index is 1.63. The first-order chi connectivity index (χ1) is 12.8. The first kappa shape index (κ1) is 17.2. The first-order valence-electron chi connectivity index (χ1n) is 8.25. The van der Waals surface area contributed by atoms with Gasteiger partial charge in [0.05, 0.1) is 18.4 Å². The van der Waals surface area contributed by atoms with Gasteiger partial charge in [-0.15, -0.1) is 0 Å². The number of rotatable bonds is 7. The van der Waals surface area contributed by atoms with E-state index in [4.69, 9.17) is 4.74 Å². The largest absolute Gasteiger partial charge is 0.496 e. The summed E-state index contributed by atoms with van der Waals surface area (Å²) in [5.74, 6) is 2.03. The van der Waals surface area contributed by atoms with Gasteiger partial charge in [0, 0.05) is 12.7 Å². The summed E-state index contributed by atoms with van der Waals surface area (Å²) in [5.41, 5.74) is 2.41. The molecule has 0 aliphatic carbocycles. The predicted octanol–water partition coefficient (Wildman–Crippen LogP) is 3.76. The van der Waals surface area contributed by atoms with Crippen LogP contribution in [0.15, 0.2) is 60.8 Å². The molecule has 0 aliphatic rings. The number of methoxy groups -OCH3 is 1. The molecule has 0 aliphatic heterocycles. The summed E-state index contributed by atoms with van der Waals surface area (Å²) >= 11 is 0. The predicted molar refractivity (Wildman–Crippen MR) is 102 cm³/mol. The minimum absolute atomic E-state index is 0.527. The van der Waals surface area contributed by atoms with Gasteiger partial charge in [-0.3, -0.25) is 0 Å². The normalized spacial score (nSPS) is 10.0. The molecule has 0 fully saturated rings. The maximum Gasteiger partial charge on any atom is 0.224 e. The molecule has 130 valence electrons. The van der Waals surface area contributed by atoms with Crippen molar-refractivity contribution in [2.75, 3.05) is 24.3 Å². The van der Waals surface area contributed by atoms with Crippen molar-refractivity contribution < 1.29 is 4.74 Å². The van der Waals surface area contributed by atoms with Gasteiger partial charge in [-0.2, -0.15) is 10.2 Å². The number of benzene rings is 2. The molecule has 2 aromatic carbocycles. The number of nitrogens with zero attached hydrogens (tertiary/aromatic N) is 3. The molecule has 6 nitrogen and oxygen atoms in total. The Labute approximate surface area is 152 Å². The van der Waals surface area contributed by atoms with Crippen LogP contribution < -0.4 is 15.4 Å². The number of hydrogen-bond donors (Lipinski definition) is 2. The van der Waals surface area contributed by atoms with E-state index in [1.54, 1.807) is 25.4 Å². The van der Waals surface area contributed by atoms with Crippen LogP contribution >= 0.6 is 0 Å². The van der Waals surface area contributed by atoms with E-state index in [9.17, 15) is 5.26 Å². The molecule has 6 heteroatoms. The number of anilines is 3. The van der Waals surface area contributed by atoms with E-state index in [-0.39, 0.29) is 0 Å². The maximum absolute atomic E-state index is 9.17. The molecule has 1 heterocycles. The van der Waals surface area contributed by atoms with Crippen LogP contribution in [0.2, 0.25) is 0 Å². The van der Waals surface area contributed by atoms with E-state index in [0.29, 0.717) is 29.6 Å². The quantitative estimate of drug-likeness (QED) is 0.678. The second kappa shape index (κ2) is 8.49. The lowest BCUT2D eigenvalue weighted by Gasteiger charge is -2.10. The maximum atomic E-state index is 9.17. The Morgan fingerprint density at radius 1 is 1.08 bits per heavy atom. The van der Waals surface area contributed by atoms with Crippen LogP contribution in [0.4, 0.5) is 17.5 Å². The fourth-order valence-corrected chi connectivity index (χ4v) is 2.56. The highest BCUT2D eigenvalue weighted by Crippen LogP contribution is 2.20. The summed E-state index contributed by atoms with van der Waals surface area (Å²) in [6.45, 7) is 0.679. The van der Waals surface area contributed by atoms with Gasteiger partial charge in [0.2, 0.25) is 5.95 Å². The van der Waals surface area contributed by atoms with Crippen LogP contribution in [0.5, 0.6) is 5.75 Å². The fraction of sp³-hybridized carbons (Fsp3) is 0.150. The Morgan fingerprint density at radius 2 is 1.88 bits per heavy atom. The molecular weight excluding hydrogens is 326 g/mol. The molecule has 0 atom stereocenters. The third-order valence-corrected chi connectivity index (χ3v) is 3.84. The molecule has 0 spiro atoms. The zero-order chi connectivity index (χ0) is 18.2. The first-order valence-corrected chi connectivity index (χ1v) is 8.25. The van der Waals surface area contributed by atoms with Crippen molar-refractivity contribution in [2.45, 2.75) is 6.42 Å². The molecule has 0 amide bonds. The van der Waals surface area contributed by atoms with Crippen molar-refractivity contribution in [3.63, 3.8) is 0 Å². The molecule has 0 unspecified atom stereocenters. The van der Waals surface area contributed by atoms with Crippen molar-refractivity contribution in [2.24, 2.45) is 0 Å². The van der Waals surface area contributed by atoms with E-state index in [0.717, 1.165) is 17.7 Å². The lowest BCUT2D eigenvalue weighted by molar-refractivity contribution is 0.410. The highest BCUT2D eigenvalue weighted by Gasteiger charge is 2.05. The summed E-state index contributed by atoms with van der Waals surface area (Å²) in [6.07, 6.45) is 2.47. The zero-order valence-corrected chi connectivity index (χ0v) is 14.4. The standard InChI is InChI=1S/C20H19N5O/c1-26-18-9-5-3-6-15(18)10-12-22-20-23-13-11-19(25-20)24-17-8-4-2-7-16(17)14-21/h2-9,11,13H,10,12H2,1H3,(H2,22,23,24,25). The smallest absolute Gasteiger partial charge is 0.224 e.